The first-order valence-electron chi connectivity index (χ1n) is 9.07. The van der Waals surface area contributed by atoms with Gasteiger partial charge in [-0.25, -0.2) is 4.79 Å². The van der Waals surface area contributed by atoms with Crippen molar-refractivity contribution in [3.63, 3.8) is 0 Å². The number of carbonyl (C=O) groups is 1. The SMILES string of the molecule is CCc1ccccc1NC(=O)N1CCN(Cc2ccc(C)cc2)CC1. The average molecular weight is 337 g/mol. The van der Waals surface area contributed by atoms with Gasteiger partial charge < -0.3 is 10.2 Å². The minimum atomic E-state index is 0.0101. The predicted octanol–water partition coefficient (Wildman–Crippen LogP) is 3.91. The highest BCUT2D eigenvalue weighted by molar-refractivity contribution is 5.90. The van der Waals surface area contributed by atoms with Crippen LogP contribution < -0.4 is 5.32 Å². The second-order valence-electron chi connectivity index (χ2n) is 6.69. The lowest BCUT2D eigenvalue weighted by Gasteiger charge is -2.34. The molecule has 0 unspecified atom stereocenters. The lowest BCUT2D eigenvalue weighted by Crippen LogP contribution is -2.49. The van der Waals surface area contributed by atoms with Crippen LogP contribution in [-0.4, -0.2) is 42.0 Å². The predicted molar refractivity (Wildman–Crippen MR) is 103 cm³/mol. The molecule has 1 aliphatic rings. The lowest BCUT2D eigenvalue weighted by atomic mass is 10.1. The summed E-state index contributed by atoms with van der Waals surface area (Å²) < 4.78 is 0. The van der Waals surface area contributed by atoms with Gasteiger partial charge in [0.1, 0.15) is 0 Å². The number of amides is 2. The van der Waals surface area contributed by atoms with Gasteiger partial charge in [0.25, 0.3) is 0 Å². The molecule has 2 amide bonds. The minimum Gasteiger partial charge on any atom is -0.322 e. The molecule has 0 aromatic heterocycles. The van der Waals surface area contributed by atoms with Crippen LogP contribution in [0.15, 0.2) is 48.5 Å². The molecule has 4 nitrogen and oxygen atoms in total. The van der Waals surface area contributed by atoms with Crippen molar-refractivity contribution in [2.24, 2.45) is 0 Å². The number of nitrogens with one attached hydrogen (secondary N) is 1. The van der Waals surface area contributed by atoms with Crippen LogP contribution in [0.2, 0.25) is 0 Å². The Morgan fingerprint density at radius 2 is 1.68 bits per heavy atom. The van der Waals surface area contributed by atoms with E-state index < -0.39 is 0 Å². The fraction of sp³-hybridized carbons (Fsp3) is 0.381. The monoisotopic (exact) mass is 337 g/mol. The number of anilines is 1. The van der Waals surface area contributed by atoms with Crippen molar-refractivity contribution < 1.29 is 4.79 Å². The normalized spacial score (nSPS) is 15.2. The van der Waals surface area contributed by atoms with E-state index in [0.29, 0.717) is 0 Å². The molecular formula is C21H27N3O. The lowest BCUT2D eigenvalue weighted by molar-refractivity contribution is 0.143. The summed E-state index contributed by atoms with van der Waals surface area (Å²) in [5, 5.41) is 3.07. The molecule has 0 aliphatic carbocycles. The van der Waals surface area contributed by atoms with Crippen LogP contribution in [0.3, 0.4) is 0 Å². The maximum Gasteiger partial charge on any atom is 0.321 e. The van der Waals surface area contributed by atoms with Crippen molar-refractivity contribution in [3.05, 3.63) is 65.2 Å². The highest BCUT2D eigenvalue weighted by Gasteiger charge is 2.21. The fourth-order valence-corrected chi connectivity index (χ4v) is 3.21. The van der Waals surface area contributed by atoms with E-state index >= 15 is 0 Å². The van der Waals surface area contributed by atoms with E-state index in [1.807, 2.05) is 23.1 Å². The zero-order valence-corrected chi connectivity index (χ0v) is 15.2. The van der Waals surface area contributed by atoms with Crippen molar-refractivity contribution in [2.75, 3.05) is 31.5 Å². The second kappa shape index (κ2) is 8.17. The number of para-hydroxylation sites is 1. The quantitative estimate of drug-likeness (QED) is 0.918. The van der Waals surface area contributed by atoms with Crippen molar-refractivity contribution in [1.82, 2.24) is 9.80 Å². The first kappa shape index (κ1) is 17.5. The standard InChI is InChI=1S/C21H27N3O/c1-3-19-6-4-5-7-20(19)22-21(25)24-14-12-23(13-15-24)16-18-10-8-17(2)9-11-18/h4-11H,3,12-16H2,1-2H3,(H,22,25). The summed E-state index contributed by atoms with van der Waals surface area (Å²) in [6.45, 7) is 8.53. The summed E-state index contributed by atoms with van der Waals surface area (Å²) in [4.78, 5) is 16.9. The molecule has 1 aliphatic heterocycles. The van der Waals surface area contributed by atoms with Gasteiger partial charge in [-0.15, -0.1) is 0 Å². The van der Waals surface area contributed by atoms with Gasteiger partial charge in [0.05, 0.1) is 0 Å². The van der Waals surface area contributed by atoms with E-state index in [9.17, 15) is 4.79 Å². The van der Waals surface area contributed by atoms with Gasteiger partial charge in [0.2, 0.25) is 0 Å². The Balaban J connectivity index is 1.51. The second-order valence-corrected chi connectivity index (χ2v) is 6.69. The molecule has 0 saturated carbocycles. The van der Waals surface area contributed by atoms with E-state index in [-0.39, 0.29) is 6.03 Å². The number of urea groups is 1. The Kier molecular flexibility index (Phi) is 5.71. The molecule has 0 radical (unpaired) electrons. The molecule has 25 heavy (non-hydrogen) atoms. The van der Waals surface area contributed by atoms with E-state index in [4.69, 9.17) is 0 Å². The molecule has 4 heteroatoms. The van der Waals surface area contributed by atoms with Gasteiger partial charge in [-0.05, 0) is 30.5 Å². The number of carbonyl (C=O) groups excluding carboxylic acids is 1. The topological polar surface area (TPSA) is 35.6 Å². The number of rotatable bonds is 4. The maximum atomic E-state index is 12.5. The zero-order valence-electron chi connectivity index (χ0n) is 15.2. The summed E-state index contributed by atoms with van der Waals surface area (Å²) in [6.07, 6.45) is 0.917. The molecule has 132 valence electrons. The summed E-state index contributed by atoms with van der Waals surface area (Å²) >= 11 is 0. The summed E-state index contributed by atoms with van der Waals surface area (Å²) in [5.74, 6) is 0. The number of hydrogen-bond donors (Lipinski definition) is 1. The largest absolute Gasteiger partial charge is 0.322 e. The van der Waals surface area contributed by atoms with Crippen LogP contribution in [0.25, 0.3) is 0 Å². The van der Waals surface area contributed by atoms with Gasteiger partial charge in [0.15, 0.2) is 0 Å². The first-order chi connectivity index (χ1) is 12.2. The van der Waals surface area contributed by atoms with E-state index in [2.05, 4.69) is 54.4 Å². The highest BCUT2D eigenvalue weighted by atomic mass is 16.2. The van der Waals surface area contributed by atoms with Crippen molar-refractivity contribution in [1.29, 1.82) is 0 Å². The fourth-order valence-electron chi connectivity index (χ4n) is 3.21. The van der Waals surface area contributed by atoms with Crippen molar-refractivity contribution >= 4 is 11.7 Å². The van der Waals surface area contributed by atoms with Crippen molar-refractivity contribution in [2.45, 2.75) is 26.8 Å². The Bertz CT molecular complexity index is 703. The first-order valence-corrected chi connectivity index (χ1v) is 9.07. The third kappa shape index (κ3) is 4.60. The van der Waals surface area contributed by atoms with E-state index in [0.717, 1.165) is 44.8 Å². The number of aryl methyl sites for hydroxylation is 2. The minimum absolute atomic E-state index is 0.0101. The summed E-state index contributed by atoms with van der Waals surface area (Å²) in [5.41, 5.74) is 4.73. The van der Waals surface area contributed by atoms with E-state index in [1.54, 1.807) is 0 Å². The van der Waals surface area contributed by atoms with E-state index in [1.165, 1.54) is 16.7 Å². The van der Waals surface area contributed by atoms with Crippen LogP contribution in [-0.2, 0) is 13.0 Å². The number of hydrogen-bond acceptors (Lipinski definition) is 2. The van der Waals surface area contributed by atoms with Crippen LogP contribution in [0.4, 0.5) is 10.5 Å². The third-order valence-corrected chi connectivity index (χ3v) is 4.83. The van der Waals surface area contributed by atoms with Crippen LogP contribution >= 0.6 is 0 Å². The molecule has 2 aromatic rings. The van der Waals surface area contributed by atoms with Crippen molar-refractivity contribution in [3.8, 4) is 0 Å². The van der Waals surface area contributed by atoms with Crippen LogP contribution in [0.1, 0.15) is 23.6 Å². The Morgan fingerprint density at radius 1 is 1.00 bits per heavy atom. The van der Waals surface area contributed by atoms with Gasteiger partial charge >= 0.3 is 6.03 Å². The van der Waals surface area contributed by atoms with Crippen LogP contribution in [0, 0.1) is 6.92 Å². The number of benzene rings is 2. The highest BCUT2D eigenvalue weighted by Crippen LogP contribution is 2.17. The van der Waals surface area contributed by atoms with Gasteiger partial charge in [-0.3, -0.25) is 4.90 Å². The molecule has 1 heterocycles. The maximum absolute atomic E-state index is 12.5. The molecule has 0 spiro atoms. The van der Waals surface area contributed by atoms with Gasteiger partial charge in [-0.2, -0.15) is 0 Å². The Morgan fingerprint density at radius 3 is 2.36 bits per heavy atom. The van der Waals surface area contributed by atoms with Crippen LogP contribution in [0.5, 0.6) is 0 Å². The number of nitrogens with zero attached hydrogens (tertiary/aromatic N) is 2. The smallest absolute Gasteiger partial charge is 0.321 e. The molecular weight excluding hydrogens is 310 g/mol. The molecule has 1 fully saturated rings. The summed E-state index contributed by atoms with van der Waals surface area (Å²) in [6, 6.07) is 16.7. The third-order valence-electron chi connectivity index (χ3n) is 4.83. The Hall–Kier alpha value is -2.33. The molecule has 1 saturated heterocycles. The molecule has 2 aromatic carbocycles. The van der Waals surface area contributed by atoms with Gasteiger partial charge in [0, 0.05) is 38.4 Å². The molecule has 0 atom stereocenters. The number of piperazine rings is 1. The summed E-state index contributed by atoms with van der Waals surface area (Å²) in [7, 11) is 0. The Labute approximate surface area is 150 Å². The van der Waals surface area contributed by atoms with Gasteiger partial charge in [-0.1, -0.05) is 55.0 Å². The molecule has 0 bridgehead atoms. The average Bonchev–Trinajstić information content (AvgIpc) is 2.64. The molecule has 3 rings (SSSR count). The zero-order chi connectivity index (χ0) is 17.6. The molecule has 1 N–H and O–H groups in total.